The van der Waals surface area contributed by atoms with Gasteiger partial charge in [-0.15, -0.1) is 0 Å². The minimum atomic E-state index is -4.42. The molecule has 0 spiro atoms. The molecule has 2 N–H and O–H groups in total. The molecular formula is C24H26F6N4O2. The summed E-state index contributed by atoms with van der Waals surface area (Å²) in [7, 11) is 0. The quantitative estimate of drug-likeness (QED) is 0.433. The van der Waals surface area contributed by atoms with E-state index in [0.29, 0.717) is 18.2 Å². The first-order valence-corrected chi connectivity index (χ1v) is 11.3. The number of nitrogens with one attached hydrogen (secondary N) is 2. The predicted molar refractivity (Wildman–Crippen MR) is 119 cm³/mol. The van der Waals surface area contributed by atoms with Crippen LogP contribution in [-0.4, -0.2) is 34.9 Å². The van der Waals surface area contributed by atoms with Crippen LogP contribution in [0.3, 0.4) is 0 Å². The molecule has 2 aliphatic rings. The van der Waals surface area contributed by atoms with E-state index in [9.17, 15) is 26.3 Å². The molecule has 1 aromatic carbocycles. The van der Waals surface area contributed by atoms with Crippen molar-refractivity contribution in [1.82, 2.24) is 15.3 Å². The second kappa shape index (κ2) is 9.55. The summed E-state index contributed by atoms with van der Waals surface area (Å²) in [4.78, 5) is 8.73. The summed E-state index contributed by atoms with van der Waals surface area (Å²) in [6.45, 7) is 6.31. The van der Waals surface area contributed by atoms with Crippen LogP contribution in [0.5, 0.6) is 0 Å². The first-order valence-electron chi connectivity index (χ1n) is 11.3. The van der Waals surface area contributed by atoms with E-state index < -0.39 is 35.3 Å². The Balaban J connectivity index is 1.61. The Kier molecular flexibility index (Phi) is 6.95. The average Bonchev–Trinajstić information content (AvgIpc) is 3.35. The maximum absolute atomic E-state index is 14.7. The maximum atomic E-state index is 14.7. The number of rotatable bonds is 9. The number of hydrogen-bond acceptors (Lipinski definition) is 6. The summed E-state index contributed by atoms with van der Waals surface area (Å²) in [6, 6.07) is 3.72. The Morgan fingerprint density at radius 1 is 1.14 bits per heavy atom. The molecule has 0 atom stereocenters. The Morgan fingerprint density at radius 2 is 1.81 bits per heavy atom. The number of anilines is 1. The first kappa shape index (κ1) is 26.2. The van der Waals surface area contributed by atoms with E-state index in [0.717, 1.165) is 6.07 Å². The second-order valence-electron chi connectivity index (χ2n) is 9.06. The molecule has 2 aromatic rings. The molecule has 0 unspecified atom stereocenters. The van der Waals surface area contributed by atoms with Gasteiger partial charge in [0, 0.05) is 31.1 Å². The summed E-state index contributed by atoms with van der Waals surface area (Å²) in [6.07, 6.45) is -5.49. The largest absolute Gasteiger partial charge is 0.411 e. The van der Waals surface area contributed by atoms with E-state index in [-0.39, 0.29) is 61.9 Å². The van der Waals surface area contributed by atoms with Crippen LogP contribution in [0.4, 0.5) is 32.2 Å². The molecule has 0 bridgehead atoms. The van der Waals surface area contributed by atoms with Gasteiger partial charge in [-0.2, -0.15) is 13.2 Å². The first-order chi connectivity index (χ1) is 16.8. The van der Waals surface area contributed by atoms with Crippen LogP contribution < -0.4 is 10.6 Å². The minimum Gasteiger partial charge on any atom is -0.375 e. The van der Waals surface area contributed by atoms with E-state index in [1.807, 2.05) is 0 Å². The van der Waals surface area contributed by atoms with Gasteiger partial charge < -0.3 is 20.1 Å². The molecule has 6 nitrogen and oxygen atoms in total. The molecular weight excluding hydrogens is 490 g/mol. The number of ether oxygens (including phenoxy) is 2. The fraction of sp³-hybridized carbons (Fsp3) is 0.500. The molecule has 0 amide bonds. The highest BCUT2D eigenvalue weighted by Crippen LogP contribution is 2.49. The lowest BCUT2D eigenvalue weighted by molar-refractivity contribution is -0.163. The minimum absolute atomic E-state index is 0.0158. The number of hydrogen-bond donors (Lipinski definition) is 2. The summed E-state index contributed by atoms with van der Waals surface area (Å²) in [5.41, 5.74) is -1.98. The fourth-order valence-corrected chi connectivity index (χ4v) is 4.10. The molecule has 1 aromatic heterocycles. The highest BCUT2D eigenvalue weighted by atomic mass is 19.4. The van der Waals surface area contributed by atoms with Gasteiger partial charge >= 0.3 is 6.18 Å². The molecule has 0 radical (unpaired) electrons. The molecule has 1 aliphatic carbocycles. The Hall–Kier alpha value is -2.86. The van der Waals surface area contributed by atoms with Gasteiger partial charge in [-0.3, -0.25) is 0 Å². The van der Waals surface area contributed by atoms with Crippen molar-refractivity contribution < 1.29 is 35.8 Å². The lowest BCUT2D eigenvalue weighted by atomic mass is 10.0. The molecule has 196 valence electrons. The molecule has 2 heterocycles. The van der Waals surface area contributed by atoms with Crippen molar-refractivity contribution in [3.05, 3.63) is 64.5 Å². The third kappa shape index (κ3) is 5.44. The summed E-state index contributed by atoms with van der Waals surface area (Å²) < 4.78 is 93.6. The molecule has 2 fully saturated rings. The van der Waals surface area contributed by atoms with Crippen LogP contribution in [0.15, 0.2) is 30.5 Å². The van der Waals surface area contributed by atoms with E-state index in [1.54, 1.807) is 6.92 Å². The topological polar surface area (TPSA) is 68.3 Å². The van der Waals surface area contributed by atoms with Gasteiger partial charge in [0.1, 0.15) is 23.0 Å². The number of aryl methyl sites for hydroxylation is 1. The number of halogens is 6. The Bertz CT molecular complexity index is 1140. The Labute approximate surface area is 204 Å². The van der Waals surface area contributed by atoms with Crippen molar-refractivity contribution in [2.45, 2.75) is 63.6 Å². The van der Waals surface area contributed by atoms with Gasteiger partial charge in [0.25, 0.3) is 5.92 Å². The van der Waals surface area contributed by atoms with Crippen molar-refractivity contribution in [3.63, 3.8) is 0 Å². The van der Waals surface area contributed by atoms with Crippen molar-refractivity contribution in [1.29, 1.82) is 0 Å². The van der Waals surface area contributed by atoms with E-state index in [1.165, 1.54) is 12.1 Å². The van der Waals surface area contributed by atoms with Crippen LogP contribution in [0, 0.1) is 12.7 Å². The van der Waals surface area contributed by atoms with E-state index in [4.69, 9.17) is 9.47 Å². The molecule has 1 aliphatic heterocycles. The van der Waals surface area contributed by atoms with Gasteiger partial charge in [-0.1, -0.05) is 24.8 Å². The number of nitrogens with zero attached hydrogens (tertiary/aromatic N) is 2. The maximum Gasteiger partial charge on any atom is 0.411 e. The second-order valence-corrected chi connectivity index (χ2v) is 9.06. The standard InChI is InChI=1S/C24H26F6N4O2/c1-13(34-23(7-8-23)24(28,29)30)11-17-18(21-35-9-10-36-21)20(33-14(2)32-17)31-12-15-5-4-6-16(19(15)25)22(3,26)27/h4-6,21,34H,1,7-12H2,2-3H3,(H,31,32,33). The predicted octanol–water partition coefficient (Wildman–Crippen LogP) is 5.43. The summed E-state index contributed by atoms with van der Waals surface area (Å²) in [5, 5.41) is 5.43. The third-order valence-electron chi connectivity index (χ3n) is 6.08. The summed E-state index contributed by atoms with van der Waals surface area (Å²) >= 11 is 0. The number of alkyl halides is 5. The number of allylic oxidation sites excluding steroid dienone is 1. The van der Waals surface area contributed by atoms with E-state index in [2.05, 4.69) is 27.2 Å². The van der Waals surface area contributed by atoms with Crippen LogP contribution in [-0.2, 0) is 28.4 Å². The Morgan fingerprint density at radius 3 is 2.39 bits per heavy atom. The van der Waals surface area contributed by atoms with Crippen LogP contribution >= 0.6 is 0 Å². The number of aromatic nitrogens is 2. The SMILES string of the molecule is C=C(Cc1nc(C)nc(NCc2cccc(C(C)(F)F)c2F)c1C1OCCO1)NC1(C(F)(F)F)CC1. The molecule has 36 heavy (non-hydrogen) atoms. The van der Waals surface area contributed by atoms with Crippen LogP contribution in [0.25, 0.3) is 0 Å². The molecule has 1 saturated carbocycles. The van der Waals surface area contributed by atoms with Crippen molar-refractivity contribution >= 4 is 5.82 Å². The summed E-state index contributed by atoms with van der Waals surface area (Å²) in [5.74, 6) is -3.92. The monoisotopic (exact) mass is 516 g/mol. The van der Waals surface area contributed by atoms with Crippen molar-refractivity contribution in [3.8, 4) is 0 Å². The van der Waals surface area contributed by atoms with Gasteiger partial charge in [-0.25, -0.2) is 23.1 Å². The highest BCUT2D eigenvalue weighted by molar-refractivity contribution is 5.49. The van der Waals surface area contributed by atoms with Crippen LogP contribution in [0.2, 0.25) is 0 Å². The molecule has 12 heteroatoms. The van der Waals surface area contributed by atoms with E-state index >= 15 is 0 Å². The zero-order valence-corrected chi connectivity index (χ0v) is 19.7. The molecule has 4 rings (SSSR count). The number of benzene rings is 1. The molecule has 1 saturated heterocycles. The van der Waals surface area contributed by atoms with Gasteiger partial charge in [-0.05, 0) is 19.8 Å². The van der Waals surface area contributed by atoms with Crippen LogP contribution in [0.1, 0.15) is 54.3 Å². The van der Waals surface area contributed by atoms with Crippen molar-refractivity contribution in [2.75, 3.05) is 18.5 Å². The highest BCUT2D eigenvalue weighted by Gasteiger charge is 2.63. The normalized spacial score (nSPS) is 17.8. The lowest BCUT2D eigenvalue weighted by Gasteiger charge is -2.24. The fourth-order valence-electron chi connectivity index (χ4n) is 4.10. The smallest absolute Gasteiger partial charge is 0.375 e. The lowest BCUT2D eigenvalue weighted by Crippen LogP contribution is -2.44. The third-order valence-corrected chi connectivity index (χ3v) is 6.08. The zero-order chi connectivity index (χ0) is 26.3. The zero-order valence-electron chi connectivity index (χ0n) is 19.7. The average molecular weight is 516 g/mol. The van der Waals surface area contributed by atoms with Gasteiger partial charge in [0.15, 0.2) is 6.29 Å². The van der Waals surface area contributed by atoms with Gasteiger partial charge in [0.2, 0.25) is 0 Å². The van der Waals surface area contributed by atoms with Gasteiger partial charge in [0.05, 0.1) is 30.0 Å². The van der Waals surface area contributed by atoms with Crippen molar-refractivity contribution in [2.24, 2.45) is 0 Å².